The summed E-state index contributed by atoms with van der Waals surface area (Å²) in [5, 5.41) is 24.1. The Morgan fingerprint density at radius 1 is 0.436 bits per heavy atom. The number of aliphatic hydroxyl groups excluding tert-OH is 1. The second-order valence-corrected chi connectivity index (χ2v) is 24.6. The lowest BCUT2D eigenvalue weighted by atomic mass is 9.94. The fourth-order valence-electron chi connectivity index (χ4n) is 10.0. The highest BCUT2D eigenvalue weighted by molar-refractivity contribution is 5.93. The second-order valence-electron chi connectivity index (χ2n) is 24.6. The molecular weight excluding hydrogens is 1320 g/mol. The zero-order valence-corrected chi connectivity index (χ0v) is 55.8. The monoisotopic (exact) mass is 1390 g/mol. The number of hydrogen-bond acceptors (Lipinski definition) is 15. The lowest BCUT2D eigenvalue weighted by Crippen LogP contribution is -2.58. The van der Waals surface area contributed by atoms with E-state index >= 15 is 18.4 Å². The van der Waals surface area contributed by atoms with E-state index in [0.717, 1.165) is 0 Å². The maximum atomic E-state index is 15.2. The predicted octanol–water partition coefficient (Wildman–Crippen LogP) is 12.1. The van der Waals surface area contributed by atoms with E-state index in [4.69, 9.17) is 33.2 Å². The van der Waals surface area contributed by atoms with Crippen molar-refractivity contribution in [1.82, 2.24) is 26.6 Å². The summed E-state index contributed by atoms with van der Waals surface area (Å²) in [4.78, 5) is 98.5. The number of halogens is 5. The number of esters is 2. The third-order valence-electron chi connectivity index (χ3n) is 15.2. The minimum absolute atomic E-state index is 0.0342. The van der Waals surface area contributed by atoms with Crippen molar-refractivity contribution < 1.29 is 93.8 Å². The molecule has 8 aromatic carbocycles. The largest absolute Gasteiger partial charge is 0.489 e. The molecule has 0 unspecified atom stereocenters. The molecule has 20 nitrogen and oxygen atoms in total. The Balaban J connectivity index is 1.19. The van der Waals surface area contributed by atoms with Gasteiger partial charge in [0.05, 0.1) is 6.10 Å². The number of ether oxygens (including phenoxy) is 7. The number of carbonyl (C=O) groups is 7. The summed E-state index contributed by atoms with van der Waals surface area (Å²) < 4.78 is 113. The molecule has 0 heterocycles. The van der Waals surface area contributed by atoms with Crippen LogP contribution in [0.3, 0.4) is 0 Å². The zero-order chi connectivity index (χ0) is 72.6. The van der Waals surface area contributed by atoms with Crippen molar-refractivity contribution in [1.29, 1.82) is 0 Å². The van der Waals surface area contributed by atoms with Crippen molar-refractivity contribution in [3.63, 3.8) is 0 Å². The molecule has 5 amide bonds. The van der Waals surface area contributed by atoms with Crippen LogP contribution in [-0.2, 0) is 84.0 Å². The Labute approximate surface area is 579 Å². The van der Waals surface area contributed by atoms with E-state index in [2.05, 4.69) is 26.6 Å². The van der Waals surface area contributed by atoms with Gasteiger partial charge in [0.15, 0.2) is 0 Å². The molecule has 0 aromatic heterocycles. The van der Waals surface area contributed by atoms with E-state index in [1.807, 2.05) is 0 Å². The summed E-state index contributed by atoms with van der Waals surface area (Å²) in [5.74, 6) is -19.1. The van der Waals surface area contributed by atoms with Crippen LogP contribution in [0.2, 0.25) is 0 Å². The maximum absolute atomic E-state index is 15.2. The van der Waals surface area contributed by atoms with Crippen molar-refractivity contribution in [2.75, 3.05) is 6.54 Å². The molecule has 0 aliphatic heterocycles. The van der Waals surface area contributed by atoms with E-state index in [1.54, 1.807) is 211 Å². The molecule has 8 aromatic rings. The summed E-state index contributed by atoms with van der Waals surface area (Å²) in [7, 11) is 0. The molecule has 6 N–H and O–H groups in total. The van der Waals surface area contributed by atoms with Gasteiger partial charge in [0.1, 0.15) is 74.3 Å². The molecular formula is C76H76F5N5O15. The first-order valence-corrected chi connectivity index (χ1v) is 32.1. The fraction of sp³-hybridized carbons (Fsp3) is 0.276. The van der Waals surface area contributed by atoms with E-state index in [0.29, 0.717) is 38.9 Å². The summed E-state index contributed by atoms with van der Waals surface area (Å²) in [6.07, 6.45) is -6.51. The first-order chi connectivity index (χ1) is 48.4. The van der Waals surface area contributed by atoms with E-state index in [-0.39, 0.29) is 55.7 Å². The van der Waals surface area contributed by atoms with Gasteiger partial charge >= 0.3 is 30.2 Å². The Bertz CT molecular complexity index is 4090. The van der Waals surface area contributed by atoms with Gasteiger partial charge in [0.25, 0.3) is 0 Å². The number of carbonyl (C=O) groups excluding carboxylic acids is 7. The van der Waals surface area contributed by atoms with Crippen molar-refractivity contribution in [3.05, 3.63) is 256 Å². The number of nitrogens with one attached hydrogen (secondary N) is 5. The molecule has 530 valence electrons. The molecule has 0 bridgehead atoms. The van der Waals surface area contributed by atoms with Gasteiger partial charge in [-0.3, -0.25) is 9.59 Å². The standard InChI is InChI=1S/C76H76F5N5O15/c1-46(2)67(72(91)97-43-49-25-15-8-16-26-49)86-70(89)57(83-69(88)58(84-75(94)101-76(3,4)5)39-56(87)40-82-73(92)98-44-50-27-17-9-18-28-50)37-54-35-52(31-33-60(54)95-41-47-21-11-6-12-22-47)53-32-34-61(96-42-48-23-13-7-14-24-48)55(36-53)38-59(85-74(93)99-45-51-29-19-10-20-30-51)71(90)100-68-65(80)63(78)62(77)64(79)66(68)81/h6-36,46,56-59,67,87H,37-45H2,1-5H3,(H,82,92)(H,83,88)(H,84,94)(H,85,93)(H,86,89)/t56-,57+,58+,59+,67+/m1/s1. The molecule has 0 fully saturated rings. The molecule has 5 atom stereocenters. The van der Waals surface area contributed by atoms with Crippen molar-refractivity contribution in [3.8, 4) is 28.4 Å². The molecule has 8 rings (SSSR count). The quantitative estimate of drug-likeness (QED) is 0.00589. The van der Waals surface area contributed by atoms with Gasteiger partial charge in [0, 0.05) is 25.8 Å². The third kappa shape index (κ3) is 23.1. The van der Waals surface area contributed by atoms with Gasteiger partial charge < -0.3 is 64.8 Å². The average molecular weight is 1390 g/mol. The number of amides is 5. The SMILES string of the molecule is CC(C)[C@H](NC(=O)[C@H](Cc1cc(-c2ccc(OCc3ccccc3)c(C[C@H](NC(=O)OCc3ccccc3)C(=O)Oc3c(F)c(F)c(F)c(F)c3F)c2)ccc1OCc1ccccc1)NC(=O)[C@H](C[C@@H](O)CNC(=O)OCc1ccccc1)NC(=O)OC(C)(C)C)C(=O)OCc1ccccc1. The topological polar surface area (TPSA) is 264 Å². The van der Waals surface area contributed by atoms with E-state index in [1.165, 1.54) is 12.1 Å². The number of aliphatic hydroxyl groups is 1. The zero-order valence-electron chi connectivity index (χ0n) is 55.8. The van der Waals surface area contributed by atoms with Crippen molar-refractivity contribution in [2.24, 2.45) is 5.92 Å². The summed E-state index contributed by atoms with van der Waals surface area (Å²) in [6.45, 7) is 6.86. The molecule has 0 spiro atoms. The minimum atomic E-state index is -2.52. The summed E-state index contributed by atoms with van der Waals surface area (Å²) in [6, 6.07) is 46.3. The van der Waals surface area contributed by atoms with Crippen LogP contribution in [0.25, 0.3) is 11.1 Å². The first-order valence-electron chi connectivity index (χ1n) is 32.1. The average Bonchev–Trinajstić information content (AvgIpc) is 0.801. The van der Waals surface area contributed by atoms with Crippen LogP contribution in [-0.4, -0.2) is 89.6 Å². The van der Waals surface area contributed by atoms with Gasteiger partial charge in [0.2, 0.25) is 46.6 Å². The second kappa shape index (κ2) is 36.5. The normalized spacial score (nSPS) is 12.6. The van der Waals surface area contributed by atoms with Crippen LogP contribution >= 0.6 is 0 Å². The molecule has 0 aliphatic rings. The molecule has 101 heavy (non-hydrogen) atoms. The lowest BCUT2D eigenvalue weighted by Gasteiger charge is -2.28. The molecule has 0 saturated heterocycles. The third-order valence-corrected chi connectivity index (χ3v) is 15.2. The first kappa shape index (κ1) is 75.4. The highest BCUT2D eigenvalue weighted by Gasteiger charge is 2.36. The Hall–Kier alpha value is -11.3. The van der Waals surface area contributed by atoms with Gasteiger partial charge in [-0.25, -0.2) is 37.1 Å². The smallest absolute Gasteiger partial charge is 0.408 e. The van der Waals surface area contributed by atoms with Crippen LogP contribution in [0.4, 0.5) is 36.3 Å². The number of hydrogen-bond donors (Lipinski definition) is 6. The van der Waals surface area contributed by atoms with Crippen LogP contribution in [0, 0.1) is 35.0 Å². The highest BCUT2D eigenvalue weighted by atomic mass is 19.2. The van der Waals surface area contributed by atoms with Gasteiger partial charge in [-0.1, -0.05) is 178 Å². The van der Waals surface area contributed by atoms with Crippen molar-refractivity contribution >= 4 is 42.0 Å². The Morgan fingerprint density at radius 3 is 1.28 bits per heavy atom. The Morgan fingerprint density at radius 2 is 0.832 bits per heavy atom. The van der Waals surface area contributed by atoms with Crippen LogP contribution in [0.5, 0.6) is 17.2 Å². The highest BCUT2D eigenvalue weighted by Crippen LogP contribution is 2.35. The number of alkyl carbamates (subject to hydrolysis) is 3. The van der Waals surface area contributed by atoms with Crippen LogP contribution in [0.15, 0.2) is 188 Å². The lowest BCUT2D eigenvalue weighted by molar-refractivity contribution is -0.150. The van der Waals surface area contributed by atoms with Crippen LogP contribution in [0.1, 0.15) is 80.0 Å². The maximum Gasteiger partial charge on any atom is 0.408 e. The van der Waals surface area contributed by atoms with E-state index < -0.39 is 144 Å². The predicted molar refractivity (Wildman–Crippen MR) is 360 cm³/mol. The number of benzene rings is 8. The molecule has 25 heteroatoms. The van der Waals surface area contributed by atoms with Crippen molar-refractivity contribution in [2.45, 2.75) is 123 Å². The van der Waals surface area contributed by atoms with Crippen LogP contribution < -0.4 is 40.8 Å². The minimum Gasteiger partial charge on any atom is -0.489 e. The summed E-state index contributed by atoms with van der Waals surface area (Å²) in [5.41, 5.74) is 3.11. The molecule has 0 aliphatic carbocycles. The fourth-order valence-corrected chi connectivity index (χ4v) is 10.0. The Kier molecular flexibility index (Phi) is 27.2. The molecule has 0 saturated carbocycles. The van der Waals surface area contributed by atoms with Gasteiger partial charge in [-0.05, 0) is 101 Å². The number of rotatable bonds is 31. The van der Waals surface area contributed by atoms with E-state index in [9.17, 15) is 42.3 Å². The molecule has 0 radical (unpaired) electrons. The summed E-state index contributed by atoms with van der Waals surface area (Å²) >= 11 is 0. The van der Waals surface area contributed by atoms with Gasteiger partial charge in [-0.2, -0.15) is 8.78 Å². The van der Waals surface area contributed by atoms with Gasteiger partial charge in [-0.15, -0.1) is 0 Å².